The Morgan fingerprint density at radius 1 is 1.12 bits per heavy atom. The summed E-state index contributed by atoms with van der Waals surface area (Å²) in [6.07, 6.45) is 0.901. The number of hydrogen-bond acceptors (Lipinski definition) is 5. The highest BCUT2D eigenvalue weighted by Crippen LogP contribution is 2.14. The van der Waals surface area contributed by atoms with Gasteiger partial charge in [0.1, 0.15) is 11.6 Å². The van der Waals surface area contributed by atoms with Crippen LogP contribution in [0.5, 0.6) is 5.75 Å². The van der Waals surface area contributed by atoms with Crippen molar-refractivity contribution in [3.8, 4) is 5.75 Å². The Morgan fingerprint density at radius 2 is 1.77 bits per heavy atom. The minimum atomic E-state index is -0.0176. The predicted octanol–water partition coefficient (Wildman–Crippen LogP) is 1.04. The number of benzene rings is 1. The molecule has 2 amide bonds. The van der Waals surface area contributed by atoms with E-state index >= 15 is 0 Å². The van der Waals surface area contributed by atoms with Gasteiger partial charge in [0.25, 0.3) is 5.91 Å². The highest BCUT2D eigenvalue weighted by Gasteiger charge is 2.24. The van der Waals surface area contributed by atoms with Gasteiger partial charge in [-0.3, -0.25) is 14.7 Å². The highest BCUT2D eigenvalue weighted by atomic mass is 16.5. The number of rotatable bonds is 5. The number of methoxy groups -OCH3 is 1. The largest absolute Gasteiger partial charge is 0.497 e. The molecule has 3 rings (SSSR count). The molecule has 0 saturated carbocycles. The van der Waals surface area contributed by atoms with Crippen LogP contribution in [0, 0.1) is 6.92 Å². The lowest BCUT2D eigenvalue weighted by Crippen LogP contribution is -2.50. The van der Waals surface area contributed by atoms with Crippen LogP contribution < -0.4 is 4.74 Å². The van der Waals surface area contributed by atoms with Gasteiger partial charge < -0.3 is 14.5 Å². The third-order valence-corrected chi connectivity index (χ3v) is 4.46. The van der Waals surface area contributed by atoms with Crippen LogP contribution in [-0.2, 0) is 11.2 Å². The Morgan fingerprint density at radius 3 is 2.35 bits per heavy atom. The minimum absolute atomic E-state index is 0.0176. The molecule has 1 N–H and O–H groups in total. The molecule has 1 aromatic heterocycles. The molecule has 0 atom stereocenters. The summed E-state index contributed by atoms with van der Waals surface area (Å²) in [6.45, 7) is 4.01. The first-order valence-electron chi connectivity index (χ1n) is 8.66. The lowest BCUT2D eigenvalue weighted by atomic mass is 10.1. The molecule has 0 unspecified atom stereocenters. The summed E-state index contributed by atoms with van der Waals surface area (Å²) < 4.78 is 5.11. The number of hydrogen-bond donors (Lipinski definition) is 1. The molecule has 2 aromatic rings. The van der Waals surface area contributed by atoms with Crippen LogP contribution in [-0.4, -0.2) is 70.1 Å². The Bertz CT molecular complexity index is 763. The van der Waals surface area contributed by atoms with Crippen molar-refractivity contribution in [3.05, 3.63) is 41.5 Å². The average Bonchev–Trinajstić information content (AvgIpc) is 3.11. The SMILES string of the molecule is COc1ccc(C(=O)N2CCN(C(=O)CCc3n[nH]c(C)n3)CC2)cc1. The van der Waals surface area contributed by atoms with Gasteiger partial charge in [0.2, 0.25) is 5.91 Å². The summed E-state index contributed by atoms with van der Waals surface area (Å²) in [6, 6.07) is 7.07. The van der Waals surface area contributed by atoms with Crippen molar-refractivity contribution in [3.63, 3.8) is 0 Å². The highest BCUT2D eigenvalue weighted by molar-refractivity contribution is 5.94. The first kappa shape index (κ1) is 17.9. The zero-order valence-corrected chi connectivity index (χ0v) is 15.1. The number of carbonyl (C=O) groups excluding carboxylic acids is 2. The lowest BCUT2D eigenvalue weighted by molar-refractivity contribution is -0.132. The molecule has 0 aliphatic carbocycles. The van der Waals surface area contributed by atoms with Crippen molar-refractivity contribution >= 4 is 11.8 Å². The van der Waals surface area contributed by atoms with Gasteiger partial charge in [-0.2, -0.15) is 5.10 Å². The van der Waals surface area contributed by atoms with Crippen LogP contribution in [0.1, 0.15) is 28.4 Å². The van der Waals surface area contributed by atoms with E-state index in [0.717, 1.165) is 11.6 Å². The third kappa shape index (κ3) is 4.19. The molecule has 2 heterocycles. The molecule has 0 spiro atoms. The summed E-state index contributed by atoms with van der Waals surface area (Å²) in [5, 5.41) is 6.82. The quantitative estimate of drug-likeness (QED) is 0.863. The molecule has 26 heavy (non-hydrogen) atoms. The molecule has 0 radical (unpaired) electrons. The summed E-state index contributed by atoms with van der Waals surface area (Å²) in [4.78, 5) is 32.7. The number of carbonyl (C=O) groups is 2. The van der Waals surface area contributed by atoms with Gasteiger partial charge in [-0.05, 0) is 31.2 Å². The topological polar surface area (TPSA) is 91.4 Å². The minimum Gasteiger partial charge on any atom is -0.497 e. The van der Waals surface area contributed by atoms with E-state index in [-0.39, 0.29) is 11.8 Å². The fourth-order valence-corrected chi connectivity index (χ4v) is 2.95. The van der Waals surface area contributed by atoms with Crippen molar-refractivity contribution in [1.82, 2.24) is 25.0 Å². The van der Waals surface area contributed by atoms with Crippen LogP contribution in [0.2, 0.25) is 0 Å². The summed E-state index contributed by atoms with van der Waals surface area (Å²) in [5.74, 6) is 2.18. The molecule has 0 bridgehead atoms. The zero-order chi connectivity index (χ0) is 18.5. The van der Waals surface area contributed by atoms with E-state index in [0.29, 0.717) is 50.4 Å². The van der Waals surface area contributed by atoms with Crippen LogP contribution in [0.4, 0.5) is 0 Å². The van der Waals surface area contributed by atoms with E-state index in [1.54, 1.807) is 41.2 Å². The van der Waals surface area contributed by atoms with Crippen LogP contribution in [0.15, 0.2) is 24.3 Å². The number of ether oxygens (including phenoxy) is 1. The molecule has 1 fully saturated rings. The number of amides is 2. The van der Waals surface area contributed by atoms with Gasteiger partial charge in [-0.15, -0.1) is 0 Å². The number of nitrogens with one attached hydrogen (secondary N) is 1. The van der Waals surface area contributed by atoms with Gasteiger partial charge >= 0.3 is 0 Å². The van der Waals surface area contributed by atoms with Crippen LogP contribution >= 0.6 is 0 Å². The molecule has 1 aliphatic heterocycles. The van der Waals surface area contributed by atoms with Gasteiger partial charge in [-0.25, -0.2) is 4.98 Å². The standard InChI is InChI=1S/C18H23N5O3/c1-13-19-16(21-20-13)7-8-17(24)22-9-11-23(12-10-22)18(25)14-3-5-15(26-2)6-4-14/h3-6H,7-12H2,1-2H3,(H,19,20,21). The van der Waals surface area contributed by atoms with Crippen molar-refractivity contribution in [2.75, 3.05) is 33.3 Å². The van der Waals surface area contributed by atoms with Gasteiger partial charge in [0.05, 0.1) is 7.11 Å². The molecule has 1 saturated heterocycles. The summed E-state index contributed by atoms with van der Waals surface area (Å²) >= 11 is 0. The van der Waals surface area contributed by atoms with E-state index in [9.17, 15) is 9.59 Å². The molecule has 1 aliphatic rings. The van der Waals surface area contributed by atoms with E-state index in [2.05, 4.69) is 15.2 Å². The van der Waals surface area contributed by atoms with Gasteiger partial charge in [0.15, 0.2) is 5.82 Å². The Balaban J connectivity index is 1.48. The van der Waals surface area contributed by atoms with E-state index in [1.807, 2.05) is 6.92 Å². The Labute approximate surface area is 152 Å². The predicted molar refractivity (Wildman–Crippen MR) is 94.9 cm³/mol. The van der Waals surface area contributed by atoms with Crippen LogP contribution in [0.25, 0.3) is 0 Å². The lowest BCUT2D eigenvalue weighted by Gasteiger charge is -2.34. The normalized spacial score (nSPS) is 14.4. The fraction of sp³-hybridized carbons (Fsp3) is 0.444. The first-order valence-corrected chi connectivity index (χ1v) is 8.66. The number of aromatic nitrogens is 3. The second-order valence-electron chi connectivity index (χ2n) is 6.24. The molecule has 8 heteroatoms. The maximum atomic E-state index is 12.6. The maximum absolute atomic E-state index is 12.6. The number of nitrogens with zero attached hydrogens (tertiary/aromatic N) is 4. The third-order valence-electron chi connectivity index (χ3n) is 4.46. The Hall–Kier alpha value is -2.90. The number of piperazine rings is 1. The van der Waals surface area contributed by atoms with E-state index < -0.39 is 0 Å². The van der Waals surface area contributed by atoms with Crippen molar-refractivity contribution in [2.45, 2.75) is 19.8 Å². The maximum Gasteiger partial charge on any atom is 0.253 e. The van der Waals surface area contributed by atoms with Crippen molar-refractivity contribution in [1.29, 1.82) is 0 Å². The molecule has 1 aromatic carbocycles. The number of H-pyrrole nitrogens is 1. The number of aryl methyl sites for hydroxylation is 2. The monoisotopic (exact) mass is 357 g/mol. The zero-order valence-electron chi connectivity index (χ0n) is 15.1. The molecular weight excluding hydrogens is 334 g/mol. The van der Waals surface area contributed by atoms with Crippen molar-refractivity contribution in [2.24, 2.45) is 0 Å². The number of aromatic amines is 1. The summed E-state index contributed by atoms with van der Waals surface area (Å²) in [7, 11) is 1.59. The summed E-state index contributed by atoms with van der Waals surface area (Å²) in [5.41, 5.74) is 0.630. The Kier molecular flexibility index (Phi) is 5.50. The fourth-order valence-electron chi connectivity index (χ4n) is 2.95. The second-order valence-corrected chi connectivity index (χ2v) is 6.24. The average molecular weight is 357 g/mol. The molecular formula is C18H23N5O3. The van der Waals surface area contributed by atoms with Crippen molar-refractivity contribution < 1.29 is 14.3 Å². The van der Waals surface area contributed by atoms with E-state index in [1.165, 1.54) is 0 Å². The molecule has 8 nitrogen and oxygen atoms in total. The van der Waals surface area contributed by atoms with Gasteiger partial charge in [-0.1, -0.05) is 0 Å². The van der Waals surface area contributed by atoms with E-state index in [4.69, 9.17) is 4.74 Å². The molecule has 138 valence electrons. The first-order chi connectivity index (χ1) is 12.6. The smallest absolute Gasteiger partial charge is 0.253 e. The van der Waals surface area contributed by atoms with Crippen LogP contribution in [0.3, 0.4) is 0 Å². The van der Waals surface area contributed by atoms with Gasteiger partial charge in [0, 0.05) is 44.6 Å². The second kappa shape index (κ2) is 7.99.